The lowest BCUT2D eigenvalue weighted by Crippen LogP contribution is -2.29. The second kappa shape index (κ2) is 39.2. The lowest BCUT2D eigenvalue weighted by atomic mass is 10.0. The average Bonchev–Trinajstić information content (AvgIpc) is 3.13. The molecule has 0 radical (unpaired) electrons. The van der Waals surface area contributed by atoms with Crippen molar-refractivity contribution in [3.63, 3.8) is 0 Å². The van der Waals surface area contributed by atoms with Gasteiger partial charge >= 0.3 is 19.8 Å². The van der Waals surface area contributed by atoms with Gasteiger partial charge in [-0.2, -0.15) is 0 Å². The van der Waals surface area contributed by atoms with Crippen molar-refractivity contribution < 1.29 is 37.6 Å². The molecular formula is C42H80NO8P. The van der Waals surface area contributed by atoms with Crippen molar-refractivity contribution in [2.75, 3.05) is 26.4 Å². The molecule has 0 aliphatic carbocycles. The molecule has 1 unspecified atom stereocenters. The van der Waals surface area contributed by atoms with Gasteiger partial charge in [0.1, 0.15) is 6.61 Å². The maximum absolute atomic E-state index is 12.4. The van der Waals surface area contributed by atoms with E-state index in [-0.39, 0.29) is 26.2 Å². The van der Waals surface area contributed by atoms with Gasteiger partial charge in [0.05, 0.1) is 13.2 Å². The fourth-order valence-corrected chi connectivity index (χ4v) is 6.78. The first-order valence-corrected chi connectivity index (χ1v) is 22.9. The maximum Gasteiger partial charge on any atom is 0.472 e. The van der Waals surface area contributed by atoms with Gasteiger partial charge in [-0.15, -0.1) is 0 Å². The molecule has 0 saturated carbocycles. The van der Waals surface area contributed by atoms with Gasteiger partial charge in [-0.3, -0.25) is 13.8 Å². The van der Waals surface area contributed by atoms with Crippen LogP contribution in [0.5, 0.6) is 0 Å². The van der Waals surface area contributed by atoms with Gasteiger partial charge < -0.3 is 20.1 Å². The summed E-state index contributed by atoms with van der Waals surface area (Å²) in [5.41, 5.74) is 5.33. The number of rotatable bonds is 40. The molecule has 3 N–H and O–H groups in total. The van der Waals surface area contributed by atoms with E-state index in [1.807, 2.05) is 12.2 Å². The minimum absolute atomic E-state index is 0.0425. The van der Waals surface area contributed by atoms with Crippen molar-refractivity contribution in [3.05, 3.63) is 24.3 Å². The standard InChI is InChI=1S/C42H80NO8P/c1-3-5-7-9-11-13-15-17-19-21-22-24-26-28-30-32-34-41(44)48-38-40(39-50-52(46,47)49-37-36-43)51-42(45)35-33-31-29-27-25-23-20-18-16-14-12-10-8-6-4-2/h29,31,33,35,40H,3-28,30,32,34,36-39,43H2,1-2H3,(H,46,47)/b31-29+,35-33+/t40-/m1/s1. The van der Waals surface area contributed by atoms with E-state index in [4.69, 9.17) is 24.3 Å². The van der Waals surface area contributed by atoms with E-state index >= 15 is 0 Å². The van der Waals surface area contributed by atoms with Crippen molar-refractivity contribution in [2.45, 2.75) is 206 Å². The van der Waals surface area contributed by atoms with Crippen LogP contribution in [-0.4, -0.2) is 49.3 Å². The number of carbonyl (C=O) groups is 2. The van der Waals surface area contributed by atoms with Gasteiger partial charge in [0, 0.05) is 19.0 Å². The van der Waals surface area contributed by atoms with Crippen molar-refractivity contribution in [3.8, 4) is 0 Å². The Morgan fingerprint density at radius 1 is 0.615 bits per heavy atom. The average molecular weight is 758 g/mol. The number of hydrogen-bond donors (Lipinski definition) is 2. The SMILES string of the molecule is CCCCCCCCCCCCC/C=C/C=C/C(=O)O[C@H](COC(=O)CCCCCCCCCCCCCCCCCC)COP(=O)(O)OCCN. The van der Waals surface area contributed by atoms with E-state index in [0.717, 1.165) is 32.1 Å². The molecule has 0 spiro atoms. The molecule has 2 atom stereocenters. The quantitative estimate of drug-likeness (QED) is 0.0206. The van der Waals surface area contributed by atoms with Gasteiger partial charge in [-0.1, -0.05) is 193 Å². The number of carbonyl (C=O) groups excluding carboxylic acids is 2. The monoisotopic (exact) mass is 758 g/mol. The smallest absolute Gasteiger partial charge is 0.462 e. The van der Waals surface area contributed by atoms with Gasteiger partial charge in [-0.05, 0) is 19.3 Å². The zero-order valence-electron chi connectivity index (χ0n) is 33.6. The molecule has 0 fully saturated rings. The van der Waals surface area contributed by atoms with E-state index in [1.165, 1.54) is 154 Å². The molecule has 0 aliphatic heterocycles. The number of phosphoric ester groups is 1. The summed E-state index contributed by atoms with van der Waals surface area (Å²) < 4.78 is 32.5. The van der Waals surface area contributed by atoms with Crippen LogP contribution in [0.3, 0.4) is 0 Å². The first-order valence-electron chi connectivity index (χ1n) is 21.4. The molecule has 0 rings (SSSR count). The Bertz CT molecular complexity index is 912. The maximum atomic E-state index is 12.4. The summed E-state index contributed by atoms with van der Waals surface area (Å²) in [5.74, 6) is -1.07. The van der Waals surface area contributed by atoms with Crippen LogP contribution in [0.15, 0.2) is 24.3 Å². The van der Waals surface area contributed by atoms with Gasteiger partial charge in [0.15, 0.2) is 6.10 Å². The van der Waals surface area contributed by atoms with Crippen LogP contribution in [0.2, 0.25) is 0 Å². The first kappa shape index (κ1) is 50.5. The Labute approximate surface area is 319 Å². The summed E-state index contributed by atoms with van der Waals surface area (Å²) in [5, 5.41) is 0. The number of phosphoric acid groups is 1. The minimum atomic E-state index is -4.40. The molecule has 0 heterocycles. The minimum Gasteiger partial charge on any atom is -0.462 e. The number of hydrogen-bond acceptors (Lipinski definition) is 8. The van der Waals surface area contributed by atoms with Crippen molar-refractivity contribution in [2.24, 2.45) is 5.73 Å². The molecule has 9 nitrogen and oxygen atoms in total. The molecule has 0 amide bonds. The topological polar surface area (TPSA) is 134 Å². The van der Waals surface area contributed by atoms with Crippen LogP contribution < -0.4 is 5.73 Å². The predicted octanol–water partition coefficient (Wildman–Crippen LogP) is 12.0. The van der Waals surface area contributed by atoms with Crippen molar-refractivity contribution in [1.82, 2.24) is 0 Å². The lowest BCUT2D eigenvalue weighted by molar-refractivity contribution is -0.157. The summed E-state index contributed by atoms with van der Waals surface area (Å²) in [7, 11) is -4.40. The Balaban J connectivity index is 4.23. The zero-order valence-corrected chi connectivity index (χ0v) is 34.4. The molecule has 0 saturated heterocycles. The van der Waals surface area contributed by atoms with Gasteiger partial charge in [-0.25, -0.2) is 9.36 Å². The predicted molar refractivity (Wildman–Crippen MR) is 215 cm³/mol. The number of allylic oxidation sites excluding steroid dienone is 3. The molecule has 0 aromatic heterocycles. The summed E-state index contributed by atoms with van der Waals surface area (Å²) >= 11 is 0. The first-order chi connectivity index (χ1) is 25.3. The third kappa shape index (κ3) is 38.2. The second-order valence-corrected chi connectivity index (χ2v) is 15.7. The van der Waals surface area contributed by atoms with E-state index in [2.05, 4.69) is 13.8 Å². The molecule has 10 heteroatoms. The summed E-state index contributed by atoms with van der Waals surface area (Å²) in [4.78, 5) is 34.7. The summed E-state index contributed by atoms with van der Waals surface area (Å²) in [6.07, 6.45) is 41.3. The number of unbranched alkanes of at least 4 members (excludes halogenated alkanes) is 26. The Morgan fingerprint density at radius 2 is 1.06 bits per heavy atom. The fourth-order valence-electron chi connectivity index (χ4n) is 6.01. The number of ether oxygens (including phenoxy) is 2. The lowest BCUT2D eigenvalue weighted by Gasteiger charge is -2.19. The zero-order chi connectivity index (χ0) is 38.2. The fraction of sp³-hybridized carbons (Fsp3) is 0.857. The van der Waals surface area contributed by atoms with Gasteiger partial charge in [0.25, 0.3) is 0 Å². The van der Waals surface area contributed by atoms with Crippen LogP contribution >= 0.6 is 7.82 Å². The van der Waals surface area contributed by atoms with Crippen LogP contribution in [0, 0.1) is 0 Å². The third-order valence-electron chi connectivity index (χ3n) is 9.20. The molecule has 306 valence electrons. The molecule has 0 aromatic carbocycles. The second-order valence-electron chi connectivity index (χ2n) is 14.3. The van der Waals surface area contributed by atoms with Crippen molar-refractivity contribution in [1.29, 1.82) is 0 Å². The van der Waals surface area contributed by atoms with E-state index in [9.17, 15) is 19.0 Å². The largest absolute Gasteiger partial charge is 0.472 e. The normalized spacial score (nSPS) is 13.5. The molecule has 0 aromatic rings. The highest BCUT2D eigenvalue weighted by atomic mass is 31.2. The van der Waals surface area contributed by atoms with E-state index < -0.39 is 32.5 Å². The highest BCUT2D eigenvalue weighted by Gasteiger charge is 2.25. The van der Waals surface area contributed by atoms with E-state index in [0.29, 0.717) is 0 Å². The van der Waals surface area contributed by atoms with Crippen LogP contribution in [0.4, 0.5) is 0 Å². The molecule has 0 aliphatic rings. The summed E-state index contributed by atoms with van der Waals surface area (Å²) in [6, 6.07) is 0. The third-order valence-corrected chi connectivity index (χ3v) is 10.2. The van der Waals surface area contributed by atoms with Crippen LogP contribution in [0.25, 0.3) is 0 Å². The Morgan fingerprint density at radius 3 is 1.52 bits per heavy atom. The summed E-state index contributed by atoms with van der Waals surface area (Å²) in [6.45, 7) is 3.63. The highest BCUT2D eigenvalue weighted by molar-refractivity contribution is 7.47. The van der Waals surface area contributed by atoms with Crippen LogP contribution in [-0.2, 0) is 32.7 Å². The number of nitrogens with two attached hydrogens (primary N) is 1. The Hall–Kier alpha value is -1.51. The molecule has 52 heavy (non-hydrogen) atoms. The Kier molecular flexibility index (Phi) is 38.1. The number of esters is 2. The molecular weight excluding hydrogens is 677 g/mol. The van der Waals surface area contributed by atoms with Gasteiger partial charge in [0.2, 0.25) is 0 Å². The highest BCUT2D eigenvalue weighted by Crippen LogP contribution is 2.43. The molecule has 0 bridgehead atoms. The van der Waals surface area contributed by atoms with Crippen LogP contribution in [0.1, 0.15) is 200 Å². The van der Waals surface area contributed by atoms with Crippen molar-refractivity contribution >= 4 is 19.8 Å². The van der Waals surface area contributed by atoms with E-state index in [1.54, 1.807) is 6.08 Å².